The number of aromatic nitrogens is 2. The fourth-order valence-electron chi connectivity index (χ4n) is 14.7. The Balaban J connectivity index is 0.000000397. The molecule has 2 aliphatic rings. The summed E-state index contributed by atoms with van der Waals surface area (Å²) in [5.41, 5.74) is 2.12. The molecule has 14 atom stereocenters. The number of methoxy groups -OCH3 is 5. The van der Waals surface area contributed by atoms with Gasteiger partial charge >= 0.3 is 11.9 Å². The molecular weight excluding hydrogens is 1460 g/mol. The van der Waals surface area contributed by atoms with Gasteiger partial charge in [0.25, 0.3) is 11.8 Å². The third-order valence-corrected chi connectivity index (χ3v) is 23.9. The lowest BCUT2D eigenvalue weighted by molar-refractivity contribution is -0.147. The van der Waals surface area contributed by atoms with E-state index in [0.29, 0.717) is 67.8 Å². The molecule has 2 fully saturated rings. The van der Waals surface area contributed by atoms with E-state index in [9.17, 15) is 53.7 Å². The number of aromatic hydroxyl groups is 1. The first-order chi connectivity index (χ1) is 52.9. The number of carboxylic acids is 2. The van der Waals surface area contributed by atoms with Crippen molar-refractivity contribution in [2.45, 2.75) is 220 Å². The number of rotatable bonds is 49. The molecule has 26 nitrogen and oxygen atoms in total. The van der Waals surface area contributed by atoms with Gasteiger partial charge in [0.15, 0.2) is 11.6 Å². The van der Waals surface area contributed by atoms with Gasteiger partial charge in [-0.1, -0.05) is 119 Å². The molecule has 0 bridgehead atoms. The number of carboxylic acid groups (broad SMARTS) is 2. The molecule has 4 heterocycles. The Kier molecular flexibility index (Phi) is 41.8. The van der Waals surface area contributed by atoms with Crippen LogP contribution < -0.4 is 15.4 Å². The number of phenolic OH excluding ortho intramolecular Hbond substituents is 1. The number of Topliss-reactive ketones (excluding diaryl/α,β-unsaturated/α-hetero) is 2. The lowest BCUT2D eigenvalue weighted by Crippen LogP contribution is -2.50. The number of benzene rings is 2. The number of ketones is 2. The van der Waals surface area contributed by atoms with E-state index in [1.807, 2.05) is 55.1 Å². The Bertz CT molecular complexity index is 3470. The Morgan fingerprint density at radius 2 is 0.919 bits per heavy atom. The first-order valence-corrected chi connectivity index (χ1v) is 41.3. The molecule has 2 saturated heterocycles. The van der Waals surface area contributed by atoms with Gasteiger partial charge in [-0.05, 0) is 138 Å². The summed E-state index contributed by atoms with van der Waals surface area (Å²) < 4.78 is 39.3. The van der Waals surface area contributed by atoms with Gasteiger partial charge in [0.2, 0.25) is 11.8 Å². The summed E-state index contributed by atoms with van der Waals surface area (Å²) in [5.74, 6) is -4.24. The highest BCUT2D eigenvalue weighted by Gasteiger charge is 2.42. The molecule has 6 rings (SSSR count). The van der Waals surface area contributed by atoms with Crippen LogP contribution >= 0.6 is 22.7 Å². The number of nitrogens with one attached hydrogen (secondary N) is 2. The summed E-state index contributed by atoms with van der Waals surface area (Å²) in [7, 11) is 11.8. The second-order valence-electron chi connectivity index (χ2n) is 30.9. The number of amides is 4. The summed E-state index contributed by atoms with van der Waals surface area (Å²) in [5, 5.41) is 39.4. The van der Waals surface area contributed by atoms with Gasteiger partial charge in [-0.2, -0.15) is 0 Å². The Morgan fingerprint density at radius 1 is 0.541 bits per heavy atom. The predicted molar refractivity (Wildman–Crippen MR) is 429 cm³/mol. The SMILES string of the molecule is CCC(C)C(CC(=O)C1CCCCN1C)C(=O)N(CCOC)[C@H](C[C@@H](OCOC)c1nc(C(=O)N[C@@H](Cc2ccc(O)cc2)C[C@H](C)C(=O)O)cs1)C(C)C.CCC(C)C(CC(=O)C1CCCCN1C)C(=O)N(CCOC)[C@H](C[C@@H](OCOC)c1nc(C(=O)N[C@@H](Cc2ccc(OC)cc2)C[C@H](C)C(=O)O)cs1)C(C)C. The minimum atomic E-state index is -0.962. The largest absolute Gasteiger partial charge is 0.508 e. The minimum Gasteiger partial charge on any atom is -0.508 e. The number of likely N-dealkylation sites (N-methyl/N-ethyl adjacent to an activating group) is 2. The van der Waals surface area contributed by atoms with Gasteiger partial charge in [0, 0.05) is 114 Å². The van der Waals surface area contributed by atoms with Crippen molar-refractivity contribution in [2.75, 3.05) is 103 Å². The number of thiazole rings is 2. The molecule has 2 aromatic heterocycles. The maximum absolute atomic E-state index is 14.7. The zero-order valence-corrected chi connectivity index (χ0v) is 70.6. The zero-order valence-electron chi connectivity index (χ0n) is 68.9. The van der Waals surface area contributed by atoms with E-state index in [-0.39, 0.29) is 128 Å². The Morgan fingerprint density at radius 3 is 1.24 bits per heavy atom. The number of piperidine rings is 2. The number of nitrogens with zero attached hydrogens (tertiary/aromatic N) is 6. The van der Waals surface area contributed by atoms with Crippen molar-refractivity contribution in [1.29, 1.82) is 0 Å². The number of carbonyl (C=O) groups excluding carboxylic acids is 6. The average molecular weight is 1590 g/mol. The zero-order chi connectivity index (χ0) is 82.0. The second-order valence-corrected chi connectivity index (χ2v) is 32.7. The smallest absolute Gasteiger partial charge is 0.306 e. The normalized spacial score (nSPS) is 18.2. The first-order valence-electron chi connectivity index (χ1n) is 39.6. The van der Waals surface area contributed by atoms with E-state index in [1.165, 1.54) is 36.9 Å². The fraction of sp³-hybridized carbons (Fsp3) is 0.687. The van der Waals surface area contributed by atoms with E-state index in [4.69, 9.17) is 43.1 Å². The molecule has 622 valence electrons. The van der Waals surface area contributed by atoms with Crippen LogP contribution in [0.15, 0.2) is 59.3 Å². The van der Waals surface area contributed by atoms with Gasteiger partial charge in [-0.25, -0.2) is 9.97 Å². The number of hydrogen-bond donors (Lipinski definition) is 5. The topological polar surface area (TPSA) is 325 Å². The highest BCUT2D eigenvalue weighted by molar-refractivity contribution is 7.10. The molecule has 4 amide bonds. The maximum Gasteiger partial charge on any atom is 0.306 e. The molecule has 4 aromatic rings. The third-order valence-electron chi connectivity index (χ3n) is 22.0. The summed E-state index contributed by atoms with van der Waals surface area (Å²) in [6, 6.07) is 12.1. The number of likely N-dealkylation sites (tertiary alicyclic amines) is 2. The molecule has 111 heavy (non-hydrogen) atoms. The minimum absolute atomic E-state index is 0.000109. The number of aliphatic carboxylic acids is 2. The third kappa shape index (κ3) is 30.1. The summed E-state index contributed by atoms with van der Waals surface area (Å²) in [6.07, 6.45) is 8.36. The van der Waals surface area contributed by atoms with Gasteiger partial charge in [-0.15, -0.1) is 22.7 Å². The summed E-state index contributed by atoms with van der Waals surface area (Å²) in [6.45, 7) is 22.7. The van der Waals surface area contributed by atoms with E-state index >= 15 is 0 Å². The Labute approximate surface area is 667 Å². The van der Waals surface area contributed by atoms with Crippen LogP contribution in [0.2, 0.25) is 0 Å². The van der Waals surface area contributed by atoms with Crippen LogP contribution in [-0.4, -0.2) is 231 Å². The van der Waals surface area contributed by atoms with Crippen molar-refractivity contribution < 1.29 is 86.8 Å². The van der Waals surface area contributed by atoms with Crippen LogP contribution in [-0.2, 0) is 70.0 Å². The molecular formula is C83H130N8O18S2. The number of carbonyl (C=O) groups is 8. The number of ether oxygens (including phenoxy) is 7. The lowest BCUT2D eigenvalue weighted by Gasteiger charge is -2.40. The van der Waals surface area contributed by atoms with Gasteiger partial charge < -0.3 is 68.9 Å². The summed E-state index contributed by atoms with van der Waals surface area (Å²) in [4.78, 5) is 125. The lowest BCUT2D eigenvalue weighted by atomic mass is 9.82. The van der Waals surface area contributed by atoms with Crippen molar-refractivity contribution in [3.05, 3.63) is 91.8 Å². The van der Waals surface area contributed by atoms with Gasteiger partial charge in [0.05, 0.1) is 44.2 Å². The maximum atomic E-state index is 14.7. The summed E-state index contributed by atoms with van der Waals surface area (Å²) >= 11 is 2.55. The monoisotopic (exact) mass is 1590 g/mol. The van der Waals surface area contributed by atoms with Crippen LogP contribution in [0, 0.1) is 47.3 Å². The predicted octanol–water partition coefficient (Wildman–Crippen LogP) is 12.2. The molecule has 2 aliphatic heterocycles. The second kappa shape index (κ2) is 49.0. The van der Waals surface area contributed by atoms with Crippen molar-refractivity contribution in [3.63, 3.8) is 0 Å². The molecule has 5 N–H and O–H groups in total. The van der Waals surface area contributed by atoms with Crippen LogP contribution in [0.3, 0.4) is 0 Å². The molecule has 0 aliphatic carbocycles. The molecule has 2 aromatic carbocycles. The molecule has 28 heteroatoms. The van der Waals surface area contributed by atoms with E-state index in [2.05, 4.69) is 68.9 Å². The van der Waals surface area contributed by atoms with Crippen molar-refractivity contribution >= 4 is 69.8 Å². The molecule has 0 spiro atoms. The van der Waals surface area contributed by atoms with Gasteiger partial charge in [-0.3, -0.25) is 48.2 Å². The van der Waals surface area contributed by atoms with Crippen molar-refractivity contribution in [3.8, 4) is 11.5 Å². The molecule has 6 unspecified atom stereocenters. The highest BCUT2D eigenvalue weighted by atomic mass is 32.1. The van der Waals surface area contributed by atoms with Crippen molar-refractivity contribution in [1.82, 2.24) is 40.2 Å². The van der Waals surface area contributed by atoms with Crippen LogP contribution in [0.25, 0.3) is 0 Å². The fourth-order valence-corrected chi connectivity index (χ4v) is 16.4. The van der Waals surface area contributed by atoms with E-state index in [0.717, 1.165) is 75.6 Å². The standard InChI is InChI=1S/C42H66N4O9S.C41H64N4O9S/c1-10-28(4)33(23-37(47)35-13-11-12-18-45(35)6)41(49)46(19-20-52-7)36(27(2)3)24-38(55-26-53-8)40-44-34(25-56-40)39(48)43-31(21-29(5)42(50)51)22-30-14-16-32(54-9)17-15-30;1-9-27(4)32(22-36(47)34-12-10-11-17-44(34)6)40(49)45(18-19-52-7)35(26(2)3)23-37(54-25-53-8)39-43-33(24-55-39)38(48)42-30(20-28(5)41(50)51)21-29-13-15-31(46)16-14-29/h14-17,25,27-29,31,33,35-36,38H,10-13,18-24,26H2,1-9H3,(H,43,48)(H,50,51);13-16,24,26-28,30,32,34-35,37,46H,9-12,17-23,25H2,1-8H3,(H,42,48)(H,50,51)/t28?,29-,31+,33?,35?,36+,38+;27?,28-,30+,32?,34?,35+,37+/m00/s1. The van der Waals surface area contributed by atoms with Crippen LogP contribution in [0.5, 0.6) is 11.5 Å². The van der Waals surface area contributed by atoms with Crippen molar-refractivity contribution in [2.24, 2.45) is 47.3 Å². The number of phenols is 1. The highest BCUT2D eigenvalue weighted by Crippen LogP contribution is 2.37. The van der Waals surface area contributed by atoms with Crippen LogP contribution in [0.4, 0.5) is 0 Å². The van der Waals surface area contributed by atoms with E-state index < -0.39 is 71.7 Å². The average Bonchev–Trinajstić information content (AvgIpc) is 1.77. The molecule has 0 saturated carbocycles. The van der Waals surface area contributed by atoms with E-state index in [1.54, 1.807) is 70.2 Å². The quantitative estimate of drug-likeness (QED) is 0.0256. The van der Waals surface area contributed by atoms with Crippen LogP contribution in [0.1, 0.15) is 213 Å². The first kappa shape index (κ1) is 94.7. The molecule has 0 radical (unpaired) electrons. The Hall–Kier alpha value is -6.86. The number of hydrogen-bond acceptors (Lipinski definition) is 22. The van der Waals surface area contributed by atoms with Gasteiger partial charge in [0.1, 0.15) is 58.7 Å².